The third-order valence-corrected chi connectivity index (χ3v) is 5.51. The fourth-order valence-electron chi connectivity index (χ4n) is 3.42. The Hall–Kier alpha value is -2.41. The van der Waals surface area contributed by atoms with Crippen molar-refractivity contribution in [1.29, 1.82) is 0 Å². The number of nitrogens with zero attached hydrogens (tertiary/aromatic N) is 2. The SMILES string of the molecule is O=C1NC[C@@]2(CCCN(C(=O)c3csc(Cc4ccccc4)n3)C2)O1. The van der Waals surface area contributed by atoms with E-state index < -0.39 is 11.7 Å². The number of aromatic nitrogens is 1. The van der Waals surface area contributed by atoms with Crippen molar-refractivity contribution in [2.24, 2.45) is 0 Å². The maximum atomic E-state index is 12.8. The molecule has 2 aliphatic heterocycles. The number of hydrogen-bond acceptors (Lipinski definition) is 5. The second-order valence-electron chi connectivity index (χ2n) is 6.55. The number of hydrogen-bond donors (Lipinski definition) is 1. The van der Waals surface area contributed by atoms with Gasteiger partial charge in [0.15, 0.2) is 0 Å². The van der Waals surface area contributed by atoms with Gasteiger partial charge < -0.3 is 15.0 Å². The maximum absolute atomic E-state index is 12.8. The van der Waals surface area contributed by atoms with Crippen molar-refractivity contribution < 1.29 is 14.3 Å². The molecule has 2 amide bonds. The van der Waals surface area contributed by atoms with E-state index in [2.05, 4.69) is 22.4 Å². The van der Waals surface area contributed by atoms with Crippen molar-refractivity contribution in [3.8, 4) is 0 Å². The smallest absolute Gasteiger partial charge is 0.407 e. The first-order chi connectivity index (χ1) is 12.1. The van der Waals surface area contributed by atoms with Crippen LogP contribution in [0.2, 0.25) is 0 Å². The van der Waals surface area contributed by atoms with E-state index in [1.54, 1.807) is 4.90 Å². The Morgan fingerprint density at radius 1 is 1.36 bits per heavy atom. The minimum atomic E-state index is -0.576. The van der Waals surface area contributed by atoms with Gasteiger partial charge in [-0.1, -0.05) is 30.3 Å². The summed E-state index contributed by atoms with van der Waals surface area (Å²) in [6, 6.07) is 10.1. The van der Waals surface area contributed by atoms with Crippen LogP contribution in [0.15, 0.2) is 35.7 Å². The van der Waals surface area contributed by atoms with Crippen molar-refractivity contribution in [3.05, 3.63) is 52.0 Å². The van der Waals surface area contributed by atoms with Crippen molar-refractivity contribution in [2.75, 3.05) is 19.6 Å². The zero-order valence-corrected chi connectivity index (χ0v) is 14.6. The summed E-state index contributed by atoms with van der Waals surface area (Å²) in [7, 11) is 0. The summed E-state index contributed by atoms with van der Waals surface area (Å²) in [5.74, 6) is -0.0856. The minimum Gasteiger partial charge on any atom is -0.439 e. The van der Waals surface area contributed by atoms with Crippen LogP contribution in [-0.2, 0) is 11.2 Å². The monoisotopic (exact) mass is 357 g/mol. The Morgan fingerprint density at radius 2 is 2.20 bits per heavy atom. The highest BCUT2D eigenvalue weighted by Crippen LogP contribution is 2.29. The van der Waals surface area contributed by atoms with Crippen molar-refractivity contribution in [3.63, 3.8) is 0 Å². The van der Waals surface area contributed by atoms with E-state index in [-0.39, 0.29) is 5.91 Å². The van der Waals surface area contributed by atoms with Gasteiger partial charge in [0.2, 0.25) is 0 Å². The van der Waals surface area contributed by atoms with Crippen LogP contribution in [0.1, 0.15) is 33.9 Å². The molecule has 0 bridgehead atoms. The number of benzene rings is 1. The molecule has 7 heteroatoms. The molecule has 1 N–H and O–H groups in total. The van der Waals surface area contributed by atoms with Crippen LogP contribution in [0.25, 0.3) is 0 Å². The molecule has 2 saturated heterocycles. The molecule has 2 fully saturated rings. The number of alkyl carbamates (subject to hydrolysis) is 1. The number of likely N-dealkylation sites (tertiary alicyclic amines) is 1. The van der Waals surface area contributed by atoms with Crippen molar-refractivity contribution in [2.45, 2.75) is 24.9 Å². The number of ether oxygens (including phenoxy) is 1. The molecule has 25 heavy (non-hydrogen) atoms. The first kappa shape index (κ1) is 16.1. The summed E-state index contributed by atoms with van der Waals surface area (Å²) in [5.41, 5.74) is 1.08. The van der Waals surface area contributed by atoms with Gasteiger partial charge in [0.1, 0.15) is 11.3 Å². The van der Waals surface area contributed by atoms with Crippen LogP contribution in [0.5, 0.6) is 0 Å². The number of piperidine rings is 1. The third kappa shape index (κ3) is 3.37. The summed E-state index contributed by atoms with van der Waals surface area (Å²) in [4.78, 5) is 30.5. The molecule has 4 rings (SSSR count). The summed E-state index contributed by atoms with van der Waals surface area (Å²) in [6.07, 6.45) is 1.94. The van der Waals surface area contributed by atoms with Crippen LogP contribution in [0, 0.1) is 0 Å². The molecule has 0 unspecified atom stereocenters. The van der Waals surface area contributed by atoms with Gasteiger partial charge in [-0.2, -0.15) is 0 Å². The summed E-state index contributed by atoms with van der Waals surface area (Å²) in [6.45, 7) is 1.56. The number of thiazole rings is 1. The van der Waals surface area contributed by atoms with E-state index in [4.69, 9.17) is 4.74 Å². The van der Waals surface area contributed by atoms with Crippen LogP contribution in [0.3, 0.4) is 0 Å². The quantitative estimate of drug-likeness (QED) is 0.916. The number of amides is 2. The van der Waals surface area contributed by atoms with E-state index in [0.717, 1.165) is 24.3 Å². The second kappa shape index (κ2) is 6.48. The molecule has 2 aromatic rings. The standard InChI is InChI=1S/C18H19N3O3S/c22-16(21-8-4-7-18(12-21)11-19-17(23)24-18)14-10-25-15(20-14)9-13-5-2-1-3-6-13/h1-3,5-6,10H,4,7-9,11-12H2,(H,19,23)/t18-/m1/s1. The molecular formula is C18H19N3O3S. The Labute approximate surface area is 149 Å². The third-order valence-electron chi connectivity index (χ3n) is 4.66. The van der Waals surface area contributed by atoms with Crippen LogP contribution >= 0.6 is 11.3 Å². The Kier molecular flexibility index (Phi) is 4.17. The van der Waals surface area contributed by atoms with E-state index in [1.807, 2.05) is 23.6 Å². The Balaban J connectivity index is 1.45. The van der Waals surface area contributed by atoms with Crippen molar-refractivity contribution in [1.82, 2.24) is 15.2 Å². The van der Waals surface area contributed by atoms with E-state index >= 15 is 0 Å². The van der Waals surface area contributed by atoms with Gasteiger partial charge in [-0.15, -0.1) is 11.3 Å². The molecule has 3 heterocycles. The molecular weight excluding hydrogens is 338 g/mol. The number of nitrogens with one attached hydrogen (secondary N) is 1. The predicted octanol–water partition coefficient (Wildman–Crippen LogP) is 2.45. The maximum Gasteiger partial charge on any atom is 0.407 e. The van der Waals surface area contributed by atoms with E-state index in [9.17, 15) is 9.59 Å². The van der Waals surface area contributed by atoms with Crippen LogP contribution in [-0.4, -0.2) is 47.1 Å². The molecule has 1 aromatic heterocycles. The number of carbonyl (C=O) groups is 2. The molecule has 2 aliphatic rings. The van der Waals surface area contributed by atoms with E-state index in [1.165, 1.54) is 16.9 Å². The van der Waals surface area contributed by atoms with Crippen molar-refractivity contribution >= 4 is 23.3 Å². The molecule has 1 aromatic carbocycles. The average molecular weight is 357 g/mol. The van der Waals surface area contributed by atoms with Gasteiger partial charge in [0.25, 0.3) is 5.91 Å². The van der Waals surface area contributed by atoms with Crippen LogP contribution < -0.4 is 5.32 Å². The molecule has 1 atom stereocenters. The molecule has 1 spiro atoms. The largest absolute Gasteiger partial charge is 0.439 e. The molecule has 0 aliphatic carbocycles. The molecule has 6 nitrogen and oxygen atoms in total. The van der Waals surface area contributed by atoms with Gasteiger partial charge >= 0.3 is 6.09 Å². The average Bonchev–Trinajstić information content (AvgIpc) is 3.22. The van der Waals surface area contributed by atoms with Gasteiger partial charge in [-0.3, -0.25) is 4.79 Å². The summed E-state index contributed by atoms with van der Waals surface area (Å²) in [5, 5.41) is 5.44. The predicted molar refractivity (Wildman–Crippen MR) is 93.7 cm³/mol. The first-order valence-electron chi connectivity index (χ1n) is 8.38. The fourth-order valence-corrected chi connectivity index (χ4v) is 4.23. The number of rotatable bonds is 3. The Bertz CT molecular complexity index is 792. The summed E-state index contributed by atoms with van der Waals surface area (Å²) < 4.78 is 5.43. The zero-order chi connectivity index (χ0) is 17.3. The highest BCUT2D eigenvalue weighted by Gasteiger charge is 2.45. The second-order valence-corrected chi connectivity index (χ2v) is 7.49. The first-order valence-corrected chi connectivity index (χ1v) is 9.26. The topological polar surface area (TPSA) is 71.5 Å². The van der Waals surface area contributed by atoms with Gasteiger partial charge in [-0.05, 0) is 18.4 Å². The highest BCUT2D eigenvalue weighted by molar-refractivity contribution is 7.09. The van der Waals surface area contributed by atoms with Gasteiger partial charge in [-0.25, -0.2) is 9.78 Å². The lowest BCUT2D eigenvalue weighted by molar-refractivity contribution is -0.00521. The lowest BCUT2D eigenvalue weighted by Gasteiger charge is -2.37. The molecule has 0 radical (unpaired) electrons. The molecule has 0 saturated carbocycles. The van der Waals surface area contributed by atoms with Gasteiger partial charge in [0, 0.05) is 18.3 Å². The fraction of sp³-hybridized carbons (Fsp3) is 0.389. The number of carbonyl (C=O) groups excluding carboxylic acids is 2. The Morgan fingerprint density at radius 3 is 2.96 bits per heavy atom. The normalized spacial score (nSPS) is 22.7. The highest BCUT2D eigenvalue weighted by atomic mass is 32.1. The van der Waals surface area contributed by atoms with E-state index in [0.29, 0.717) is 25.3 Å². The minimum absolute atomic E-state index is 0.0856. The van der Waals surface area contributed by atoms with Crippen LogP contribution in [0.4, 0.5) is 4.79 Å². The lowest BCUT2D eigenvalue weighted by atomic mass is 9.93. The zero-order valence-electron chi connectivity index (χ0n) is 13.7. The summed E-state index contributed by atoms with van der Waals surface area (Å²) >= 11 is 1.50. The molecule has 130 valence electrons. The van der Waals surface area contributed by atoms with Gasteiger partial charge in [0.05, 0.1) is 18.1 Å². The lowest BCUT2D eigenvalue weighted by Crippen LogP contribution is -2.52.